The van der Waals surface area contributed by atoms with Crippen LogP contribution >= 0.6 is 11.3 Å². The maximum atomic E-state index is 2.33. The van der Waals surface area contributed by atoms with Crippen LogP contribution in [0.4, 0.5) is 5.69 Å². The van der Waals surface area contributed by atoms with Gasteiger partial charge in [0.15, 0.2) is 0 Å². The summed E-state index contributed by atoms with van der Waals surface area (Å²) in [6.45, 7) is 14.0. The van der Waals surface area contributed by atoms with Crippen LogP contribution in [0.25, 0.3) is 16.2 Å². The Morgan fingerprint density at radius 3 is 2.50 bits per heavy atom. The molecule has 2 rings (SSSR count). The number of hydrogen-bond acceptors (Lipinski definition) is 2. The lowest BCUT2D eigenvalue weighted by Gasteiger charge is -2.18. The molecule has 1 aromatic carbocycles. The molecule has 2 heteroatoms. The van der Waals surface area contributed by atoms with E-state index in [-0.39, 0.29) is 0 Å². The molecule has 0 aliphatic carbocycles. The molecule has 22 heavy (non-hydrogen) atoms. The largest absolute Gasteiger partial charge is 0.375 e. The molecule has 1 aromatic heterocycles. The quantitative estimate of drug-likeness (QED) is 0.584. The molecule has 1 heterocycles. The Hall–Kier alpha value is -1.28. The van der Waals surface area contributed by atoms with Gasteiger partial charge in [0.25, 0.3) is 0 Å². The third-order valence-electron chi connectivity index (χ3n) is 3.80. The van der Waals surface area contributed by atoms with Crippen molar-refractivity contribution in [1.82, 2.24) is 0 Å². The van der Waals surface area contributed by atoms with Gasteiger partial charge in [-0.05, 0) is 48.9 Å². The Morgan fingerprint density at radius 1 is 1.23 bits per heavy atom. The number of fused-ring (bicyclic) bond motifs is 1. The molecule has 0 saturated heterocycles. The fourth-order valence-corrected chi connectivity index (χ4v) is 3.31. The van der Waals surface area contributed by atoms with Gasteiger partial charge in [-0.3, -0.25) is 0 Å². The Labute approximate surface area is 140 Å². The third kappa shape index (κ3) is 4.88. The SMILES string of the molecule is CC.CCCN(C)c1ccc2cc(/C=C(\C)C(C)C)sc2c1. The molecule has 0 aliphatic rings. The molecule has 0 unspecified atom stereocenters. The maximum absolute atomic E-state index is 2.33. The average Bonchev–Trinajstić information content (AvgIpc) is 2.90. The Morgan fingerprint density at radius 2 is 1.91 bits per heavy atom. The highest BCUT2D eigenvalue weighted by Gasteiger charge is 2.05. The van der Waals surface area contributed by atoms with Gasteiger partial charge < -0.3 is 4.90 Å². The van der Waals surface area contributed by atoms with Gasteiger partial charge >= 0.3 is 0 Å². The zero-order chi connectivity index (χ0) is 16.7. The molecule has 0 aliphatic heterocycles. The van der Waals surface area contributed by atoms with Crippen molar-refractivity contribution in [2.75, 3.05) is 18.5 Å². The van der Waals surface area contributed by atoms with E-state index in [1.165, 1.54) is 32.6 Å². The van der Waals surface area contributed by atoms with Crippen molar-refractivity contribution in [3.63, 3.8) is 0 Å². The van der Waals surface area contributed by atoms with E-state index in [1.807, 2.05) is 25.2 Å². The van der Waals surface area contributed by atoms with E-state index in [4.69, 9.17) is 0 Å². The van der Waals surface area contributed by atoms with E-state index in [9.17, 15) is 0 Å². The summed E-state index contributed by atoms with van der Waals surface area (Å²) in [5.41, 5.74) is 2.76. The Kier molecular flexibility index (Phi) is 7.67. The molecule has 1 nitrogen and oxygen atoms in total. The molecule has 2 aromatic rings. The second-order valence-corrected chi connectivity index (χ2v) is 6.95. The van der Waals surface area contributed by atoms with Gasteiger partial charge in [-0.1, -0.05) is 46.3 Å². The summed E-state index contributed by atoms with van der Waals surface area (Å²) in [4.78, 5) is 3.69. The summed E-state index contributed by atoms with van der Waals surface area (Å²) >= 11 is 1.89. The van der Waals surface area contributed by atoms with Gasteiger partial charge in [0.2, 0.25) is 0 Å². The van der Waals surface area contributed by atoms with Crippen LogP contribution in [0.3, 0.4) is 0 Å². The van der Waals surface area contributed by atoms with Crippen LogP contribution in [0, 0.1) is 5.92 Å². The predicted octanol–water partition coefficient (Wildman–Crippen LogP) is 6.83. The first-order valence-electron chi connectivity index (χ1n) is 8.44. The number of benzene rings is 1. The highest BCUT2D eigenvalue weighted by Crippen LogP contribution is 2.31. The van der Waals surface area contributed by atoms with Crippen molar-refractivity contribution in [2.24, 2.45) is 5.92 Å². The summed E-state index contributed by atoms with van der Waals surface area (Å²) in [7, 11) is 2.17. The van der Waals surface area contributed by atoms with Crippen molar-refractivity contribution in [3.8, 4) is 0 Å². The molecular weight excluding hydrogens is 286 g/mol. The van der Waals surface area contributed by atoms with Crippen LogP contribution in [-0.2, 0) is 0 Å². The zero-order valence-electron chi connectivity index (χ0n) is 15.2. The Bertz CT molecular complexity index is 607. The molecule has 0 spiro atoms. The fraction of sp³-hybridized carbons (Fsp3) is 0.500. The van der Waals surface area contributed by atoms with Gasteiger partial charge in [0, 0.05) is 28.9 Å². The summed E-state index contributed by atoms with van der Waals surface area (Å²) in [5.74, 6) is 0.617. The van der Waals surface area contributed by atoms with E-state index in [2.05, 4.69) is 70.0 Å². The van der Waals surface area contributed by atoms with E-state index in [0.717, 1.165) is 6.54 Å². The standard InChI is InChI=1S/C18H25NS.C2H6/c1-6-9-19(5)16-8-7-15-11-17(20-18(15)12-16)10-14(4)13(2)3;1-2/h7-8,10-13H,6,9H2,1-5H3;1-2H3/b14-10+;. The van der Waals surface area contributed by atoms with Crippen molar-refractivity contribution in [1.29, 1.82) is 0 Å². The highest BCUT2D eigenvalue weighted by molar-refractivity contribution is 7.19. The summed E-state index contributed by atoms with van der Waals surface area (Å²) in [6, 6.07) is 9.09. The minimum absolute atomic E-state index is 0.617. The molecule has 0 bridgehead atoms. The highest BCUT2D eigenvalue weighted by atomic mass is 32.1. The smallest absolute Gasteiger partial charge is 0.0378 e. The topological polar surface area (TPSA) is 3.24 Å². The molecule has 0 radical (unpaired) electrons. The van der Waals surface area contributed by atoms with Crippen LogP contribution in [0.1, 0.15) is 52.8 Å². The molecule has 0 amide bonds. The van der Waals surface area contributed by atoms with Crippen LogP contribution < -0.4 is 4.90 Å². The molecule has 0 atom stereocenters. The number of rotatable bonds is 5. The first kappa shape index (κ1) is 18.8. The molecule has 0 fully saturated rings. The maximum Gasteiger partial charge on any atom is 0.0378 e. The van der Waals surface area contributed by atoms with Gasteiger partial charge in [-0.25, -0.2) is 0 Å². The second kappa shape index (κ2) is 8.99. The molecule has 122 valence electrons. The van der Waals surface area contributed by atoms with Crippen LogP contribution in [0.5, 0.6) is 0 Å². The second-order valence-electron chi connectivity index (χ2n) is 5.84. The molecular formula is C20H31NS. The van der Waals surface area contributed by atoms with Crippen molar-refractivity contribution in [3.05, 3.63) is 34.7 Å². The van der Waals surface area contributed by atoms with Gasteiger partial charge in [0.1, 0.15) is 0 Å². The van der Waals surface area contributed by atoms with Crippen molar-refractivity contribution in [2.45, 2.75) is 48.0 Å². The predicted molar refractivity (Wildman–Crippen MR) is 105 cm³/mol. The van der Waals surface area contributed by atoms with Crippen molar-refractivity contribution < 1.29 is 0 Å². The molecule has 0 saturated carbocycles. The van der Waals surface area contributed by atoms with Crippen LogP contribution in [0.15, 0.2) is 29.8 Å². The molecule has 0 N–H and O–H groups in total. The van der Waals surface area contributed by atoms with Crippen LogP contribution in [0.2, 0.25) is 0 Å². The van der Waals surface area contributed by atoms with Gasteiger partial charge in [-0.15, -0.1) is 11.3 Å². The summed E-state index contributed by atoms with van der Waals surface area (Å²) < 4.78 is 1.38. The van der Waals surface area contributed by atoms with Crippen LogP contribution in [-0.4, -0.2) is 13.6 Å². The van der Waals surface area contributed by atoms with E-state index in [0.29, 0.717) is 5.92 Å². The first-order chi connectivity index (χ1) is 10.5. The lowest BCUT2D eigenvalue weighted by atomic mass is 10.0. The average molecular weight is 318 g/mol. The van der Waals surface area contributed by atoms with E-state index < -0.39 is 0 Å². The third-order valence-corrected chi connectivity index (χ3v) is 4.85. The van der Waals surface area contributed by atoms with Gasteiger partial charge in [0.05, 0.1) is 0 Å². The zero-order valence-corrected chi connectivity index (χ0v) is 16.1. The number of hydrogen-bond donors (Lipinski definition) is 0. The lowest BCUT2D eigenvalue weighted by molar-refractivity contribution is 0.776. The van der Waals surface area contributed by atoms with E-state index in [1.54, 1.807) is 0 Å². The minimum Gasteiger partial charge on any atom is -0.375 e. The van der Waals surface area contributed by atoms with Gasteiger partial charge in [-0.2, -0.15) is 0 Å². The lowest BCUT2D eigenvalue weighted by Crippen LogP contribution is -2.17. The Balaban J connectivity index is 0.00000116. The van der Waals surface area contributed by atoms with E-state index >= 15 is 0 Å². The number of nitrogens with zero attached hydrogens (tertiary/aromatic N) is 1. The minimum atomic E-state index is 0.617. The number of thiophene rings is 1. The normalized spacial score (nSPS) is 11.5. The monoisotopic (exact) mass is 317 g/mol. The fourth-order valence-electron chi connectivity index (χ4n) is 2.20. The summed E-state index contributed by atoms with van der Waals surface area (Å²) in [5, 5.41) is 1.35. The van der Waals surface area contributed by atoms with Crippen molar-refractivity contribution >= 4 is 33.2 Å². The number of allylic oxidation sites excluding steroid dienone is 1. The first-order valence-corrected chi connectivity index (χ1v) is 9.26. The number of anilines is 1. The summed E-state index contributed by atoms with van der Waals surface area (Å²) in [6.07, 6.45) is 3.51.